The zero-order valence-electron chi connectivity index (χ0n) is 11.5. The summed E-state index contributed by atoms with van der Waals surface area (Å²) in [7, 11) is 0. The molecule has 110 valence electrons. The van der Waals surface area contributed by atoms with Crippen LogP contribution < -0.4 is 11.1 Å². The van der Waals surface area contributed by atoms with E-state index >= 15 is 0 Å². The smallest absolute Gasteiger partial charge is 0.250 e. The van der Waals surface area contributed by atoms with Crippen molar-refractivity contribution in [2.24, 2.45) is 17.6 Å². The van der Waals surface area contributed by atoms with Gasteiger partial charge in [-0.3, -0.25) is 4.79 Å². The van der Waals surface area contributed by atoms with Crippen molar-refractivity contribution < 1.29 is 13.9 Å². The zero-order valence-corrected chi connectivity index (χ0v) is 11.5. The number of benzene rings is 1. The highest BCUT2D eigenvalue weighted by Crippen LogP contribution is 2.30. The Kier molecular flexibility index (Phi) is 5.49. The lowest BCUT2D eigenvalue weighted by Crippen LogP contribution is -2.25. The van der Waals surface area contributed by atoms with Gasteiger partial charge in [-0.2, -0.15) is 0 Å². The normalized spacial score (nSPS) is 21.9. The molecule has 1 amide bonds. The van der Waals surface area contributed by atoms with Gasteiger partial charge >= 0.3 is 0 Å². The largest absolute Gasteiger partial charge is 0.371 e. The van der Waals surface area contributed by atoms with E-state index in [0.29, 0.717) is 30.7 Å². The number of carbonyl (C=O) groups excluding carboxylic acids is 1. The molecule has 1 aromatic rings. The molecule has 2 rings (SSSR count). The first-order chi connectivity index (χ1) is 9.69. The van der Waals surface area contributed by atoms with Gasteiger partial charge < -0.3 is 15.8 Å². The lowest BCUT2D eigenvalue weighted by molar-refractivity contribution is -0.121. The molecule has 0 saturated heterocycles. The molecule has 1 saturated carbocycles. The van der Waals surface area contributed by atoms with E-state index in [9.17, 15) is 9.18 Å². The lowest BCUT2D eigenvalue weighted by Gasteiger charge is -2.17. The average Bonchev–Trinajstić information content (AvgIpc) is 2.89. The van der Waals surface area contributed by atoms with Crippen molar-refractivity contribution in [1.29, 1.82) is 0 Å². The number of halogens is 1. The van der Waals surface area contributed by atoms with Crippen molar-refractivity contribution in [3.8, 4) is 0 Å². The number of hydrogen-bond donors (Lipinski definition) is 2. The number of nitrogens with two attached hydrogens (primary N) is 1. The van der Waals surface area contributed by atoms with Gasteiger partial charge in [-0.15, -0.1) is 0 Å². The van der Waals surface area contributed by atoms with Crippen LogP contribution in [0.1, 0.15) is 19.3 Å². The average molecular weight is 280 g/mol. The standard InChI is InChI=1S/C15H21FN2O2/c16-13-4-6-14(7-5-13)18-15(19)10-20-9-12-3-1-2-11(12)8-17/h4-7,11-12H,1-3,8-10,17H2,(H,18,19). The van der Waals surface area contributed by atoms with Crippen LogP contribution in [0.25, 0.3) is 0 Å². The highest BCUT2D eigenvalue weighted by Gasteiger charge is 2.26. The van der Waals surface area contributed by atoms with E-state index in [4.69, 9.17) is 10.5 Å². The van der Waals surface area contributed by atoms with Gasteiger partial charge in [0.1, 0.15) is 12.4 Å². The predicted octanol–water partition coefficient (Wildman–Crippen LogP) is 2.16. The van der Waals surface area contributed by atoms with E-state index in [1.54, 1.807) is 0 Å². The van der Waals surface area contributed by atoms with Gasteiger partial charge in [0.25, 0.3) is 0 Å². The molecule has 0 radical (unpaired) electrons. The third kappa shape index (κ3) is 4.28. The summed E-state index contributed by atoms with van der Waals surface area (Å²) in [6, 6.07) is 5.66. The molecule has 4 nitrogen and oxygen atoms in total. The highest BCUT2D eigenvalue weighted by atomic mass is 19.1. The second-order valence-corrected chi connectivity index (χ2v) is 5.26. The summed E-state index contributed by atoms with van der Waals surface area (Å²) in [5.41, 5.74) is 6.27. The minimum atomic E-state index is -0.326. The Morgan fingerprint density at radius 3 is 2.70 bits per heavy atom. The molecule has 2 unspecified atom stereocenters. The first kappa shape index (κ1) is 14.9. The van der Waals surface area contributed by atoms with Crippen molar-refractivity contribution >= 4 is 11.6 Å². The molecule has 1 aliphatic carbocycles. The van der Waals surface area contributed by atoms with Crippen molar-refractivity contribution in [3.63, 3.8) is 0 Å². The minimum absolute atomic E-state index is 0.0190. The summed E-state index contributed by atoms with van der Waals surface area (Å²) < 4.78 is 18.2. The highest BCUT2D eigenvalue weighted by molar-refractivity contribution is 5.91. The summed E-state index contributed by atoms with van der Waals surface area (Å²) in [6.07, 6.45) is 3.48. The summed E-state index contributed by atoms with van der Waals surface area (Å²) >= 11 is 0. The van der Waals surface area contributed by atoms with Crippen molar-refractivity contribution in [2.75, 3.05) is 25.1 Å². The van der Waals surface area contributed by atoms with Crippen LogP contribution in [-0.4, -0.2) is 25.7 Å². The monoisotopic (exact) mass is 280 g/mol. The molecule has 0 spiro atoms. The second kappa shape index (κ2) is 7.36. The van der Waals surface area contributed by atoms with Gasteiger partial charge in [-0.25, -0.2) is 4.39 Å². The Bertz CT molecular complexity index is 436. The summed E-state index contributed by atoms with van der Waals surface area (Å²) in [5, 5.41) is 2.66. The fraction of sp³-hybridized carbons (Fsp3) is 0.533. The molecule has 2 atom stereocenters. The third-order valence-electron chi connectivity index (χ3n) is 3.81. The van der Waals surface area contributed by atoms with Gasteiger partial charge in [-0.05, 0) is 55.5 Å². The van der Waals surface area contributed by atoms with Crippen LogP contribution in [0.2, 0.25) is 0 Å². The molecule has 3 N–H and O–H groups in total. The molecule has 1 aliphatic rings. The molecule has 0 aromatic heterocycles. The molecule has 1 fully saturated rings. The van der Waals surface area contributed by atoms with Crippen molar-refractivity contribution in [3.05, 3.63) is 30.1 Å². The third-order valence-corrected chi connectivity index (χ3v) is 3.81. The van der Waals surface area contributed by atoms with E-state index in [1.807, 2.05) is 0 Å². The van der Waals surface area contributed by atoms with Crippen LogP contribution in [0, 0.1) is 17.7 Å². The van der Waals surface area contributed by atoms with Crippen LogP contribution in [0.3, 0.4) is 0 Å². The Balaban J connectivity index is 1.69. The van der Waals surface area contributed by atoms with E-state index in [1.165, 1.54) is 30.7 Å². The molecular formula is C15H21FN2O2. The zero-order chi connectivity index (χ0) is 14.4. The Labute approximate surface area is 118 Å². The fourth-order valence-corrected chi connectivity index (χ4v) is 2.68. The number of anilines is 1. The Morgan fingerprint density at radius 1 is 1.30 bits per heavy atom. The molecule has 5 heteroatoms. The van der Waals surface area contributed by atoms with Gasteiger partial charge in [0, 0.05) is 5.69 Å². The lowest BCUT2D eigenvalue weighted by atomic mass is 9.97. The van der Waals surface area contributed by atoms with Crippen molar-refractivity contribution in [1.82, 2.24) is 0 Å². The van der Waals surface area contributed by atoms with E-state index in [2.05, 4.69) is 5.32 Å². The fourth-order valence-electron chi connectivity index (χ4n) is 2.68. The summed E-state index contributed by atoms with van der Waals surface area (Å²) in [5.74, 6) is 0.445. The Hall–Kier alpha value is -1.46. The maximum atomic E-state index is 12.7. The molecule has 0 bridgehead atoms. The molecule has 1 aromatic carbocycles. The minimum Gasteiger partial charge on any atom is -0.371 e. The molecular weight excluding hydrogens is 259 g/mol. The maximum Gasteiger partial charge on any atom is 0.250 e. The first-order valence-electron chi connectivity index (χ1n) is 7.02. The van der Waals surface area contributed by atoms with Gasteiger partial charge in [0.05, 0.1) is 6.61 Å². The number of carbonyl (C=O) groups is 1. The molecule has 0 heterocycles. The topological polar surface area (TPSA) is 64.3 Å². The number of hydrogen-bond acceptors (Lipinski definition) is 3. The van der Waals surface area contributed by atoms with Crippen LogP contribution in [-0.2, 0) is 9.53 Å². The van der Waals surface area contributed by atoms with E-state index in [-0.39, 0.29) is 18.3 Å². The quantitative estimate of drug-likeness (QED) is 0.839. The van der Waals surface area contributed by atoms with Crippen molar-refractivity contribution in [2.45, 2.75) is 19.3 Å². The number of ether oxygens (including phenoxy) is 1. The van der Waals surface area contributed by atoms with E-state index in [0.717, 1.165) is 12.8 Å². The number of nitrogens with one attached hydrogen (secondary N) is 1. The predicted molar refractivity (Wildman–Crippen MR) is 75.7 cm³/mol. The Morgan fingerprint density at radius 2 is 2.00 bits per heavy atom. The first-order valence-corrected chi connectivity index (χ1v) is 7.02. The number of rotatable bonds is 6. The summed E-state index contributed by atoms with van der Waals surface area (Å²) in [6.45, 7) is 1.29. The summed E-state index contributed by atoms with van der Waals surface area (Å²) in [4.78, 5) is 11.7. The number of amides is 1. The van der Waals surface area contributed by atoms with Gasteiger partial charge in [0.2, 0.25) is 5.91 Å². The van der Waals surface area contributed by atoms with E-state index < -0.39 is 0 Å². The second-order valence-electron chi connectivity index (χ2n) is 5.26. The SMILES string of the molecule is NCC1CCCC1COCC(=O)Nc1ccc(F)cc1. The molecule has 20 heavy (non-hydrogen) atoms. The maximum absolute atomic E-state index is 12.7. The van der Waals surface area contributed by atoms with Crippen LogP contribution in [0.15, 0.2) is 24.3 Å². The van der Waals surface area contributed by atoms with Gasteiger partial charge in [0.15, 0.2) is 0 Å². The van der Waals surface area contributed by atoms with Crippen LogP contribution in [0.4, 0.5) is 10.1 Å². The van der Waals surface area contributed by atoms with Crippen LogP contribution in [0.5, 0.6) is 0 Å². The van der Waals surface area contributed by atoms with Gasteiger partial charge in [-0.1, -0.05) is 6.42 Å². The molecule has 0 aliphatic heterocycles. The van der Waals surface area contributed by atoms with Crippen LogP contribution >= 0.6 is 0 Å².